The smallest absolute Gasteiger partial charge is 0.306 e. The number of aromatic amines is 2. The van der Waals surface area contributed by atoms with E-state index in [1.807, 2.05) is 0 Å². The molecule has 0 fully saturated rings. The number of hydrogen-bond acceptors (Lipinski definition) is 5. The van der Waals surface area contributed by atoms with Crippen molar-refractivity contribution < 1.29 is 9.53 Å². The second-order valence-corrected chi connectivity index (χ2v) is 11.8. The van der Waals surface area contributed by atoms with Gasteiger partial charge in [-0.05, 0) is 116 Å². The predicted octanol–water partition coefficient (Wildman–Crippen LogP) is 8.39. The number of allylic oxidation sites excluding steroid dienone is 4. The second kappa shape index (κ2) is 12.9. The summed E-state index contributed by atoms with van der Waals surface area (Å²) < 4.78 is 4.87. The summed E-state index contributed by atoms with van der Waals surface area (Å²) >= 11 is 0. The van der Waals surface area contributed by atoms with Crippen LogP contribution in [-0.2, 0) is 28.9 Å². The van der Waals surface area contributed by atoms with Crippen LogP contribution in [0.4, 0.5) is 0 Å². The Morgan fingerprint density at radius 1 is 0.705 bits per heavy atom. The van der Waals surface area contributed by atoms with Crippen LogP contribution >= 0.6 is 0 Å². The molecule has 7 heteroatoms. The minimum absolute atomic E-state index is 0.224. The highest BCUT2D eigenvalue weighted by Crippen LogP contribution is 2.39. The van der Waals surface area contributed by atoms with E-state index in [1.54, 1.807) is 0 Å². The number of carbonyl (C=O) groups excluding carboxylic acids is 1. The van der Waals surface area contributed by atoms with Crippen LogP contribution in [0.25, 0.3) is 44.4 Å². The van der Waals surface area contributed by atoms with Crippen molar-refractivity contribution in [2.24, 2.45) is 0 Å². The molecule has 2 aliphatic rings. The fraction of sp³-hybridized carbons (Fsp3) is 0.432. The highest BCUT2D eigenvalue weighted by atomic mass is 16.5. The first-order valence-electron chi connectivity index (χ1n) is 16.1. The number of rotatable bonds is 9. The van der Waals surface area contributed by atoms with Gasteiger partial charge in [-0.1, -0.05) is 27.7 Å². The third kappa shape index (κ3) is 5.54. The van der Waals surface area contributed by atoms with Gasteiger partial charge >= 0.3 is 5.97 Å². The molecule has 232 valence electrons. The van der Waals surface area contributed by atoms with Gasteiger partial charge in [0, 0.05) is 40.7 Å². The van der Waals surface area contributed by atoms with Crippen LogP contribution in [0.5, 0.6) is 0 Å². The molecule has 0 aliphatic carbocycles. The molecule has 2 aliphatic heterocycles. The Labute approximate surface area is 261 Å². The normalized spacial score (nSPS) is 13.3. The Morgan fingerprint density at radius 3 is 1.86 bits per heavy atom. The summed E-state index contributed by atoms with van der Waals surface area (Å²) in [6.45, 7) is 18.7. The number of carbonyl (C=O) groups is 1. The predicted molar refractivity (Wildman–Crippen MR) is 183 cm³/mol. The van der Waals surface area contributed by atoms with E-state index < -0.39 is 0 Å². The van der Waals surface area contributed by atoms with Crippen molar-refractivity contribution in [1.29, 1.82) is 0 Å². The average Bonchev–Trinajstić information content (AvgIpc) is 3.69. The lowest BCUT2D eigenvalue weighted by Crippen LogP contribution is -2.20. The van der Waals surface area contributed by atoms with Crippen molar-refractivity contribution in [3.8, 4) is 0 Å². The van der Waals surface area contributed by atoms with E-state index in [4.69, 9.17) is 14.7 Å². The zero-order valence-corrected chi connectivity index (χ0v) is 27.9. The van der Waals surface area contributed by atoms with Crippen molar-refractivity contribution >= 4 is 50.3 Å². The van der Waals surface area contributed by atoms with Gasteiger partial charge in [0.25, 0.3) is 0 Å². The molecule has 0 saturated heterocycles. The van der Waals surface area contributed by atoms with Crippen LogP contribution in [0, 0.1) is 13.8 Å². The third-order valence-corrected chi connectivity index (χ3v) is 9.48. The van der Waals surface area contributed by atoms with Crippen LogP contribution in [0.2, 0.25) is 0 Å². The summed E-state index contributed by atoms with van der Waals surface area (Å²) in [5.41, 5.74) is 19.5. The second-order valence-electron chi connectivity index (χ2n) is 11.8. The molecule has 0 unspecified atom stereocenters. The first kappa shape index (κ1) is 31.5. The molecule has 44 heavy (non-hydrogen) atoms. The lowest BCUT2D eigenvalue weighted by atomic mass is 9.96. The number of esters is 1. The van der Waals surface area contributed by atoms with Crippen molar-refractivity contribution in [1.82, 2.24) is 25.3 Å². The van der Waals surface area contributed by atoms with Crippen LogP contribution in [0.3, 0.4) is 0 Å². The lowest BCUT2D eigenvalue weighted by Gasteiger charge is -2.11. The SMILES string of the molecule is CCC1=C(C)c2nc1cc1[nH]c(cc3[nH]c(cc4nc(c2CNCCC(=O)OC)C(CC)=C4C)c(CC)c3C)c(CC)c1C. The number of H-pyrrole nitrogens is 2. The van der Waals surface area contributed by atoms with Crippen LogP contribution in [0.15, 0.2) is 18.2 Å². The van der Waals surface area contributed by atoms with Gasteiger partial charge in [0.05, 0.1) is 36.3 Å². The summed E-state index contributed by atoms with van der Waals surface area (Å²) in [5.74, 6) is -0.224. The maximum atomic E-state index is 11.9. The van der Waals surface area contributed by atoms with Gasteiger partial charge in [-0.15, -0.1) is 0 Å². The number of aromatic nitrogens is 4. The van der Waals surface area contributed by atoms with E-state index >= 15 is 0 Å². The van der Waals surface area contributed by atoms with Crippen LogP contribution in [-0.4, -0.2) is 39.6 Å². The van der Waals surface area contributed by atoms with E-state index in [9.17, 15) is 4.79 Å². The van der Waals surface area contributed by atoms with Crippen molar-refractivity contribution in [3.63, 3.8) is 0 Å². The van der Waals surface area contributed by atoms with Gasteiger partial charge in [0.2, 0.25) is 0 Å². The standard InChI is InChI=1S/C37H47N5O2/c1-10-24-21(6)30-17-34-26(12-3)23(8)36(42-34)28(19-38-15-14-35(43)44-9)37-27(13-4)22(7)31(41-37)18-33-25(11-2)20(5)29(39-33)16-32(24)40-30/h16-18,38-40H,10-15,19H2,1-9H3. The molecule has 0 saturated carbocycles. The molecular formula is C37H47N5O2. The minimum atomic E-state index is -0.224. The number of aryl methyl sites for hydroxylation is 4. The summed E-state index contributed by atoms with van der Waals surface area (Å²) in [7, 11) is 1.43. The van der Waals surface area contributed by atoms with Crippen LogP contribution < -0.4 is 5.32 Å². The zero-order valence-electron chi connectivity index (χ0n) is 27.9. The Bertz CT molecular complexity index is 1850. The van der Waals surface area contributed by atoms with Gasteiger partial charge < -0.3 is 20.0 Å². The highest BCUT2D eigenvalue weighted by molar-refractivity contribution is 5.97. The average molecular weight is 594 g/mol. The Hall–Kier alpha value is -3.97. The molecule has 3 aromatic rings. The summed E-state index contributed by atoms with van der Waals surface area (Å²) in [5, 5.41) is 3.50. The zero-order chi connectivity index (χ0) is 31.7. The van der Waals surface area contributed by atoms with Crippen molar-refractivity contribution in [2.75, 3.05) is 13.7 Å². The topological polar surface area (TPSA) is 95.7 Å². The summed E-state index contributed by atoms with van der Waals surface area (Å²) in [6.07, 6.45) is 3.92. The number of fused-ring (bicyclic) bond motifs is 8. The van der Waals surface area contributed by atoms with E-state index in [-0.39, 0.29) is 5.97 Å². The molecule has 3 N–H and O–H groups in total. The largest absolute Gasteiger partial charge is 0.469 e. The van der Waals surface area contributed by atoms with Gasteiger partial charge in [0.15, 0.2) is 0 Å². The fourth-order valence-electron chi connectivity index (χ4n) is 6.90. The van der Waals surface area contributed by atoms with Gasteiger partial charge in [-0.3, -0.25) is 4.79 Å². The van der Waals surface area contributed by atoms with Crippen molar-refractivity contribution in [3.05, 3.63) is 68.8 Å². The van der Waals surface area contributed by atoms with Gasteiger partial charge in [0.1, 0.15) is 0 Å². The number of nitrogens with zero attached hydrogens (tertiary/aromatic N) is 2. The maximum Gasteiger partial charge on any atom is 0.306 e. The monoisotopic (exact) mass is 593 g/mol. The summed E-state index contributed by atoms with van der Waals surface area (Å²) in [4.78, 5) is 30.0. The van der Waals surface area contributed by atoms with Crippen LogP contribution in [0.1, 0.15) is 111 Å². The molecule has 0 spiro atoms. The molecule has 0 atom stereocenters. The van der Waals surface area contributed by atoms with E-state index in [1.165, 1.54) is 51.7 Å². The molecule has 7 nitrogen and oxygen atoms in total. The number of hydrogen-bond donors (Lipinski definition) is 3. The van der Waals surface area contributed by atoms with E-state index in [0.717, 1.165) is 76.1 Å². The molecule has 0 aromatic carbocycles. The Balaban J connectivity index is 1.92. The maximum absolute atomic E-state index is 11.9. The number of nitrogens with one attached hydrogen (secondary N) is 3. The molecule has 5 rings (SSSR count). The molecule has 8 bridgehead atoms. The molecule has 3 aromatic heterocycles. The first-order chi connectivity index (χ1) is 21.2. The highest BCUT2D eigenvalue weighted by Gasteiger charge is 2.25. The van der Waals surface area contributed by atoms with E-state index in [2.05, 4.69) is 88.9 Å². The molecular weight excluding hydrogens is 546 g/mol. The number of ether oxygens (including phenoxy) is 1. The van der Waals surface area contributed by atoms with Crippen molar-refractivity contribution in [2.45, 2.75) is 94.0 Å². The third-order valence-electron chi connectivity index (χ3n) is 9.48. The Morgan fingerprint density at radius 2 is 1.27 bits per heavy atom. The first-order valence-corrected chi connectivity index (χ1v) is 16.1. The molecule has 5 heterocycles. The quantitative estimate of drug-likeness (QED) is 0.171. The number of methoxy groups -OCH3 is 1. The fourth-order valence-corrected chi connectivity index (χ4v) is 6.90. The Kier molecular flexibility index (Phi) is 9.26. The van der Waals surface area contributed by atoms with Gasteiger partial charge in [-0.2, -0.15) is 0 Å². The molecule has 0 amide bonds. The molecule has 0 radical (unpaired) electrons. The minimum Gasteiger partial charge on any atom is -0.469 e. The summed E-state index contributed by atoms with van der Waals surface area (Å²) in [6, 6.07) is 6.73. The van der Waals surface area contributed by atoms with Gasteiger partial charge in [-0.25, -0.2) is 9.97 Å². The lowest BCUT2D eigenvalue weighted by molar-refractivity contribution is -0.140. The van der Waals surface area contributed by atoms with E-state index in [0.29, 0.717) is 19.5 Å².